The Bertz CT molecular complexity index is 421. The van der Waals surface area contributed by atoms with Crippen LogP contribution in [0.4, 0.5) is 0 Å². The summed E-state index contributed by atoms with van der Waals surface area (Å²) in [4.78, 5) is 0. The van der Waals surface area contributed by atoms with Gasteiger partial charge in [0.15, 0.2) is 0 Å². The monoisotopic (exact) mass is 290 g/mol. The summed E-state index contributed by atoms with van der Waals surface area (Å²) in [6, 6.07) is 8.82. The van der Waals surface area contributed by atoms with E-state index in [9.17, 15) is 0 Å². The van der Waals surface area contributed by atoms with Crippen molar-refractivity contribution in [3.05, 3.63) is 35.4 Å². The molecule has 1 aliphatic heterocycles. The van der Waals surface area contributed by atoms with E-state index >= 15 is 0 Å². The summed E-state index contributed by atoms with van der Waals surface area (Å²) in [6.45, 7) is 5.33. The molecule has 1 aromatic rings. The molecule has 3 unspecified atom stereocenters. The van der Waals surface area contributed by atoms with Crippen LogP contribution in [0, 0.1) is 5.92 Å². The molecule has 3 nitrogen and oxygen atoms in total. The van der Waals surface area contributed by atoms with Crippen LogP contribution in [0.3, 0.4) is 0 Å². The molecule has 1 aliphatic rings. The van der Waals surface area contributed by atoms with E-state index in [-0.39, 0.29) is 12.1 Å². The maximum Gasteiger partial charge on any atom is 0.0994 e. The molecule has 3 atom stereocenters. The first-order chi connectivity index (χ1) is 10.3. The Kier molecular flexibility index (Phi) is 6.68. The summed E-state index contributed by atoms with van der Waals surface area (Å²) in [5.74, 6) is 6.59. The van der Waals surface area contributed by atoms with Gasteiger partial charge in [-0.3, -0.25) is 11.3 Å². The van der Waals surface area contributed by atoms with Gasteiger partial charge in [0.2, 0.25) is 0 Å². The van der Waals surface area contributed by atoms with Crippen LogP contribution in [0.25, 0.3) is 0 Å². The summed E-state index contributed by atoms with van der Waals surface area (Å²) in [7, 11) is 0. The lowest BCUT2D eigenvalue weighted by Crippen LogP contribution is -2.43. The summed E-state index contributed by atoms with van der Waals surface area (Å²) in [5, 5.41) is 0. The molecule has 1 heterocycles. The molecule has 3 heteroatoms. The number of hydrogen-bond acceptors (Lipinski definition) is 3. The fourth-order valence-corrected chi connectivity index (χ4v) is 3.38. The molecule has 0 radical (unpaired) electrons. The van der Waals surface area contributed by atoms with Crippen LogP contribution >= 0.6 is 0 Å². The van der Waals surface area contributed by atoms with Crippen molar-refractivity contribution in [2.45, 2.75) is 64.5 Å². The van der Waals surface area contributed by atoms with Gasteiger partial charge in [-0.05, 0) is 29.9 Å². The quantitative estimate of drug-likeness (QED) is 0.566. The summed E-state index contributed by atoms with van der Waals surface area (Å²) >= 11 is 0. The third-order valence-electron chi connectivity index (χ3n) is 4.74. The summed E-state index contributed by atoms with van der Waals surface area (Å²) in [5.41, 5.74) is 5.76. The lowest BCUT2D eigenvalue weighted by molar-refractivity contribution is 0.00863. The predicted molar refractivity (Wildman–Crippen MR) is 87.9 cm³/mol. The Hall–Kier alpha value is -0.900. The average Bonchev–Trinajstić information content (AvgIpc) is 2.55. The Morgan fingerprint density at radius 3 is 2.86 bits per heavy atom. The predicted octanol–water partition coefficient (Wildman–Crippen LogP) is 3.74. The second-order valence-corrected chi connectivity index (χ2v) is 6.17. The number of nitrogens with one attached hydrogen (secondary N) is 1. The molecular formula is C18H30N2O. The Morgan fingerprint density at radius 2 is 2.14 bits per heavy atom. The molecule has 0 spiro atoms. The molecular weight excluding hydrogens is 260 g/mol. The van der Waals surface area contributed by atoms with Crippen LogP contribution in [0.1, 0.15) is 63.2 Å². The summed E-state index contributed by atoms with van der Waals surface area (Å²) in [6.07, 6.45) is 7.27. The first-order valence-corrected chi connectivity index (χ1v) is 8.45. The number of rotatable bonds is 8. The van der Waals surface area contributed by atoms with E-state index < -0.39 is 0 Å². The van der Waals surface area contributed by atoms with Crippen LogP contribution in [-0.4, -0.2) is 12.6 Å². The maximum atomic E-state index is 6.06. The van der Waals surface area contributed by atoms with Gasteiger partial charge < -0.3 is 4.74 Å². The SMILES string of the molecule is CCCCC(CC)CC(NN)C1OCCc2ccccc21. The second-order valence-electron chi connectivity index (χ2n) is 6.17. The molecule has 3 N–H and O–H groups in total. The third kappa shape index (κ3) is 4.29. The zero-order valence-corrected chi connectivity index (χ0v) is 13.5. The van der Waals surface area contributed by atoms with Crippen molar-refractivity contribution in [3.63, 3.8) is 0 Å². The minimum Gasteiger partial charge on any atom is -0.371 e. The van der Waals surface area contributed by atoms with Crippen molar-refractivity contribution in [1.82, 2.24) is 5.43 Å². The standard InChI is InChI=1S/C18H30N2O/c1-3-5-8-14(4-2)13-17(20-19)18-16-10-7-6-9-15(16)11-12-21-18/h6-7,9-10,14,17-18,20H,3-5,8,11-13,19H2,1-2H3. The van der Waals surface area contributed by atoms with E-state index in [1.165, 1.54) is 36.8 Å². The highest BCUT2D eigenvalue weighted by Gasteiger charge is 2.29. The number of fused-ring (bicyclic) bond motifs is 1. The highest BCUT2D eigenvalue weighted by Crippen LogP contribution is 2.33. The first kappa shape index (κ1) is 16.5. The molecule has 0 aromatic heterocycles. The molecule has 0 saturated carbocycles. The Balaban J connectivity index is 2.07. The number of unbranched alkanes of at least 4 members (excludes halogenated alkanes) is 1. The number of ether oxygens (including phenoxy) is 1. The van der Waals surface area contributed by atoms with Gasteiger partial charge in [-0.15, -0.1) is 0 Å². The van der Waals surface area contributed by atoms with E-state index in [1.54, 1.807) is 0 Å². The second kappa shape index (κ2) is 8.52. The van der Waals surface area contributed by atoms with Gasteiger partial charge >= 0.3 is 0 Å². The number of benzene rings is 1. The van der Waals surface area contributed by atoms with Crippen LogP contribution < -0.4 is 11.3 Å². The molecule has 0 bridgehead atoms. The van der Waals surface area contributed by atoms with Crippen molar-refractivity contribution in [2.75, 3.05) is 6.61 Å². The number of hydrogen-bond donors (Lipinski definition) is 2. The van der Waals surface area contributed by atoms with E-state index in [4.69, 9.17) is 10.6 Å². The fourth-order valence-electron chi connectivity index (χ4n) is 3.38. The molecule has 118 valence electrons. The normalized spacial score (nSPS) is 20.8. The highest BCUT2D eigenvalue weighted by molar-refractivity contribution is 5.31. The van der Waals surface area contributed by atoms with Crippen LogP contribution in [0.5, 0.6) is 0 Å². The van der Waals surface area contributed by atoms with Gasteiger partial charge in [0.05, 0.1) is 18.8 Å². The van der Waals surface area contributed by atoms with Crippen molar-refractivity contribution in [1.29, 1.82) is 0 Å². The van der Waals surface area contributed by atoms with E-state index in [0.29, 0.717) is 0 Å². The largest absolute Gasteiger partial charge is 0.371 e. The molecule has 0 fully saturated rings. The lowest BCUT2D eigenvalue weighted by Gasteiger charge is -2.34. The zero-order valence-electron chi connectivity index (χ0n) is 13.5. The van der Waals surface area contributed by atoms with Crippen molar-refractivity contribution < 1.29 is 4.74 Å². The highest BCUT2D eigenvalue weighted by atomic mass is 16.5. The average molecular weight is 290 g/mol. The first-order valence-electron chi connectivity index (χ1n) is 8.45. The van der Waals surface area contributed by atoms with Crippen molar-refractivity contribution in [2.24, 2.45) is 11.8 Å². The molecule has 1 aromatic carbocycles. The fraction of sp³-hybridized carbons (Fsp3) is 0.667. The summed E-state index contributed by atoms with van der Waals surface area (Å²) < 4.78 is 6.06. The van der Waals surface area contributed by atoms with Gasteiger partial charge in [0.1, 0.15) is 0 Å². The topological polar surface area (TPSA) is 47.3 Å². The lowest BCUT2D eigenvalue weighted by atomic mass is 9.86. The molecule has 0 saturated heterocycles. The van der Waals surface area contributed by atoms with E-state index in [0.717, 1.165) is 25.4 Å². The smallest absolute Gasteiger partial charge is 0.0994 e. The van der Waals surface area contributed by atoms with Gasteiger partial charge in [-0.2, -0.15) is 0 Å². The van der Waals surface area contributed by atoms with Crippen molar-refractivity contribution >= 4 is 0 Å². The van der Waals surface area contributed by atoms with Gasteiger partial charge in [-0.1, -0.05) is 63.8 Å². The number of nitrogens with two attached hydrogens (primary N) is 1. The number of hydrazine groups is 1. The van der Waals surface area contributed by atoms with Gasteiger partial charge in [0, 0.05) is 0 Å². The van der Waals surface area contributed by atoms with Crippen LogP contribution in [0.2, 0.25) is 0 Å². The van der Waals surface area contributed by atoms with E-state index in [2.05, 4.69) is 43.5 Å². The van der Waals surface area contributed by atoms with Gasteiger partial charge in [0.25, 0.3) is 0 Å². The molecule has 0 amide bonds. The molecule has 2 rings (SSSR count). The maximum absolute atomic E-state index is 6.06. The van der Waals surface area contributed by atoms with Gasteiger partial charge in [-0.25, -0.2) is 0 Å². The molecule has 21 heavy (non-hydrogen) atoms. The zero-order chi connectivity index (χ0) is 15.1. The van der Waals surface area contributed by atoms with Crippen molar-refractivity contribution in [3.8, 4) is 0 Å². The molecule has 0 aliphatic carbocycles. The minimum atomic E-state index is 0.0932. The Labute approximate surface area is 129 Å². The van der Waals surface area contributed by atoms with Crippen LogP contribution in [0.15, 0.2) is 24.3 Å². The van der Waals surface area contributed by atoms with Crippen LogP contribution in [-0.2, 0) is 11.2 Å². The van der Waals surface area contributed by atoms with E-state index in [1.807, 2.05) is 0 Å². The Morgan fingerprint density at radius 1 is 1.33 bits per heavy atom. The minimum absolute atomic E-state index is 0.0932. The third-order valence-corrected chi connectivity index (χ3v) is 4.74.